The number of nitrogens with one attached hydrogen (secondary N) is 2. The molecule has 2 saturated heterocycles. The molecule has 3 fully saturated rings. The molecule has 6 nitrogen and oxygen atoms in total. The van der Waals surface area contributed by atoms with Gasteiger partial charge in [-0.25, -0.2) is 4.98 Å². The summed E-state index contributed by atoms with van der Waals surface area (Å²) in [5, 5.41) is 6.49. The highest BCUT2D eigenvalue weighted by molar-refractivity contribution is 5.92. The number of nitrogens with zero attached hydrogens (tertiary/aromatic N) is 2. The molecule has 3 atom stereocenters. The Labute approximate surface area is 185 Å². The van der Waals surface area contributed by atoms with Crippen molar-refractivity contribution in [3.63, 3.8) is 0 Å². The summed E-state index contributed by atoms with van der Waals surface area (Å²) in [4.78, 5) is 31.6. The summed E-state index contributed by atoms with van der Waals surface area (Å²) >= 11 is 0. The lowest BCUT2D eigenvalue weighted by Gasteiger charge is -2.33. The Morgan fingerprint density at radius 2 is 1.83 bits per heavy atom. The number of carbonyl (C=O) groups excluding carboxylic acids is 2. The zero-order valence-electron chi connectivity index (χ0n) is 16.9. The second-order valence-electron chi connectivity index (χ2n) is 8.42. The van der Waals surface area contributed by atoms with E-state index in [4.69, 9.17) is 0 Å². The van der Waals surface area contributed by atoms with Gasteiger partial charge in [-0.3, -0.25) is 9.59 Å². The van der Waals surface area contributed by atoms with Crippen molar-refractivity contribution in [1.29, 1.82) is 0 Å². The van der Waals surface area contributed by atoms with Gasteiger partial charge in [0.15, 0.2) is 0 Å². The minimum absolute atomic E-state index is 0. The highest BCUT2D eigenvalue weighted by atomic mass is 35.5. The molecular formula is C21H32Cl2N4O2. The van der Waals surface area contributed by atoms with Crippen LogP contribution in [0.4, 0.5) is 5.82 Å². The number of pyridine rings is 1. The van der Waals surface area contributed by atoms with Gasteiger partial charge in [0.05, 0.1) is 6.04 Å². The van der Waals surface area contributed by atoms with E-state index in [0.717, 1.165) is 24.8 Å². The van der Waals surface area contributed by atoms with Crippen molar-refractivity contribution < 1.29 is 9.59 Å². The lowest BCUT2D eigenvalue weighted by Crippen LogP contribution is -2.49. The number of hydrogen-bond acceptors (Lipinski definition) is 4. The molecule has 162 valence electrons. The van der Waals surface area contributed by atoms with Crippen LogP contribution in [0.25, 0.3) is 0 Å². The van der Waals surface area contributed by atoms with E-state index in [2.05, 4.69) is 15.6 Å². The molecule has 0 aromatic carbocycles. The molecule has 3 unspecified atom stereocenters. The number of anilines is 1. The molecule has 4 rings (SSSR count). The van der Waals surface area contributed by atoms with Crippen LogP contribution in [0.3, 0.4) is 0 Å². The number of hydrogen-bond donors (Lipinski definition) is 2. The molecule has 1 aromatic heterocycles. The van der Waals surface area contributed by atoms with Crippen molar-refractivity contribution in [2.75, 3.05) is 18.4 Å². The standard InChI is InChI=1S/C21H30N4O2.2ClH/c1-14-6-7-19(22-13-14)24-20(26)15-8-10-25(11-9-15)21(27)18-12-16-4-2-3-5-17(16)23-18;;/h6-7,13,15-18,23H,2-5,8-12H2,1H3,(H,22,24,26);2*1H. The Bertz CT molecular complexity index is 678. The summed E-state index contributed by atoms with van der Waals surface area (Å²) in [5.74, 6) is 1.49. The zero-order chi connectivity index (χ0) is 18.8. The summed E-state index contributed by atoms with van der Waals surface area (Å²) in [6, 6.07) is 4.30. The third kappa shape index (κ3) is 5.62. The van der Waals surface area contributed by atoms with E-state index in [0.29, 0.717) is 30.9 Å². The Morgan fingerprint density at radius 3 is 2.48 bits per heavy atom. The molecule has 0 spiro atoms. The van der Waals surface area contributed by atoms with Crippen LogP contribution in [-0.2, 0) is 9.59 Å². The predicted octanol–water partition coefficient (Wildman–Crippen LogP) is 3.33. The predicted molar refractivity (Wildman–Crippen MR) is 119 cm³/mol. The minimum atomic E-state index is -0.0451. The highest BCUT2D eigenvalue weighted by Crippen LogP contribution is 2.34. The minimum Gasteiger partial charge on any atom is -0.341 e. The highest BCUT2D eigenvalue weighted by Gasteiger charge is 2.40. The SMILES string of the molecule is Cc1ccc(NC(=O)C2CCN(C(=O)C3CC4CCCCC4N3)CC2)nc1.Cl.Cl. The number of likely N-dealkylation sites (tertiary alicyclic amines) is 1. The molecular weight excluding hydrogens is 411 g/mol. The van der Waals surface area contributed by atoms with Crippen molar-refractivity contribution in [1.82, 2.24) is 15.2 Å². The summed E-state index contributed by atoms with van der Waals surface area (Å²) in [5.41, 5.74) is 1.07. The van der Waals surface area contributed by atoms with Gasteiger partial charge in [-0.1, -0.05) is 18.9 Å². The second-order valence-corrected chi connectivity index (χ2v) is 8.42. The van der Waals surface area contributed by atoms with E-state index in [-0.39, 0.29) is 48.6 Å². The van der Waals surface area contributed by atoms with Gasteiger partial charge in [0.2, 0.25) is 11.8 Å². The lowest BCUT2D eigenvalue weighted by atomic mass is 9.85. The summed E-state index contributed by atoms with van der Waals surface area (Å²) in [7, 11) is 0. The first-order chi connectivity index (χ1) is 13.1. The van der Waals surface area contributed by atoms with Crippen molar-refractivity contribution in [3.8, 4) is 0 Å². The molecule has 8 heteroatoms. The fraction of sp³-hybridized carbons (Fsp3) is 0.667. The number of halogens is 2. The Balaban J connectivity index is 0.00000150. The van der Waals surface area contributed by atoms with Crippen LogP contribution < -0.4 is 10.6 Å². The normalized spacial score (nSPS) is 26.7. The maximum Gasteiger partial charge on any atom is 0.239 e. The van der Waals surface area contributed by atoms with Gasteiger partial charge in [0.25, 0.3) is 0 Å². The van der Waals surface area contributed by atoms with E-state index in [1.165, 1.54) is 25.7 Å². The molecule has 2 amide bonds. The summed E-state index contributed by atoms with van der Waals surface area (Å²) < 4.78 is 0. The first kappa shape index (κ1) is 23.9. The number of piperidine rings is 1. The number of amides is 2. The van der Waals surface area contributed by atoms with Gasteiger partial charge in [-0.2, -0.15) is 0 Å². The number of aromatic nitrogens is 1. The largest absolute Gasteiger partial charge is 0.341 e. The molecule has 29 heavy (non-hydrogen) atoms. The quantitative estimate of drug-likeness (QED) is 0.752. The molecule has 0 radical (unpaired) electrons. The fourth-order valence-corrected chi connectivity index (χ4v) is 4.86. The van der Waals surface area contributed by atoms with Crippen LogP contribution in [0.1, 0.15) is 50.5 Å². The molecule has 2 N–H and O–H groups in total. The number of aryl methyl sites for hydroxylation is 1. The van der Waals surface area contributed by atoms with Gasteiger partial charge in [0, 0.05) is 31.2 Å². The van der Waals surface area contributed by atoms with Gasteiger partial charge >= 0.3 is 0 Å². The van der Waals surface area contributed by atoms with Crippen molar-refractivity contribution >= 4 is 42.4 Å². The van der Waals surface area contributed by atoms with Crippen LogP contribution in [0, 0.1) is 18.8 Å². The topological polar surface area (TPSA) is 74.3 Å². The van der Waals surface area contributed by atoms with Crippen LogP contribution >= 0.6 is 24.8 Å². The van der Waals surface area contributed by atoms with E-state index in [1.807, 2.05) is 24.0 Å². The maximum absolute atomic E-state index is 12.9. The monoisotopic (exact) mass is 442 g/mol. The smallest absolute Gasteiger partial charge is 0.239 e. The van der Waals surface area contributed by atoms with Crippen LogP contribution in [0.15, 0.2) is 18.3 Å². The van der Waals surface area contributed by atoms with E-state index in [1.54, 1.807) is 6.20 Å². The maximum atomic E-state index is 12.9. The molecule has 1 aromatic rings. The number of fused-ring (bicyclic) bond motifs is 1. The zero-order valence-corrected chi connectivity index (χ0v) is 18.6. The average molecular weight is 443 g/mol. The molecule has 3 heterocycles. The van der Waals surface area contributed by atoms with Gasteiger partial charge in [-0.05, 0) is 56.6 Å². The van der Waals surface area contributed by atoms with Gasteiger partial charge < -0.3 is 15.5 Å². The Hall–Kier alpha value is -1.37. The first-order valence-electron chi connectivity index (χ1n) is 10.4. The second kappa shape index (κ2) is 10.6. The number of rotatable bonds is 3. The fourth-order valence-electron chi connectivity index (χ4n) is 4.86. The number of carbonyl (C=O) groups is 2. The molecule has 2 aliphatic heterocycles. The molecule has 1 saturated carbocycles. The van der Waals surface area contributed by atoms with Gasteiger partial charge in [0.1, 0.15) is 5.82 Å². The summed E-state index contributed by atoms with van der Waals surface area (Å²) in [6.45, 7) is 3.32. The third-order valence-corrected chi connectivity index (χ3v) is 6.50. The Morgan fingerprint density at radius 1 is 1.10 bits per heavy atom. The van der Waals surface area contributed by atoms with Crippen LogP contribution in [0.2, 0.25) is 0 Å². The first-order valence-corrected chi connectivity index (χ1v) is 10.4. The summed E-state index contributed by atoms with van der Waals surface area (Å²) in [6.07, 6.45) is 9.25. The van der Waals surface area contributed by atoms with E-state index in [9.17, 15) is 9.59 Å². The average Bonchev–Trinajstić information content (AvgIpc) is 3.13. The van der Waals surface area contributed by atoms with E-state index < -0.39 is 0 Å². The van der Waals surface area contributed by atoms with Crippen LogP contribution in [-0.4, -0.2) is 46.9 Å². The van der Waals surface area contributed by atoms with Crippen molar-refractivity contribution in [3.05, 3.63) is 23.9 Å². The third-order valence-electron chi connectivity index (χ3n) is 6.50. The Kier molecular flexibility index (Phi) is 8.73. The van der Waals surface area contributed by atoms with Crippen molar-refractivity contribution in [2.24, 2.45) is 11.8 Å². The molecule has 1 aliphatic carbocycles. The molecule has 0 bridgehead atoms. The lowest BCUT2D eigenvalue weighted by molar-refractivity contribution is -0.136. The van der Waals surface area contributed by atoms with Crippen molar-refractivity contribution in [2.45, 2.75) is 64.0 Å². The van der Waals surface area contributed by atoms with Gasteiger partial charge in [-0.15, -0.1) is 24.8 Å². The van der Waals surface area contributed by atoms with E-state index >= 15 is 0 Å². The van der Waals surface area contributed by atoms with Crippen LogP contribution in [0.5, 0.6) is 0 Å². The molecule has 3 aliphatic rings.